The lowest BCUT2D eigenvalue weighted by Gasteiger charge is -2.21. The predicted molar refractivity (Wildman–Crippen MR) is 227 cm³/mol. The fraction of sp³-hybridized carbons (Fsp3) is 0.239. The molecule has 2 atom stereocenters. The molecule has 11 nitrogen and oxygen atoms in total. The van der Waals surface area contributed by atoms with Crippen molar-refractivity contribution in [3.05, 3.63) is 131 Å². The summed E-state index contributed by atoms with van der Waals surface area (Å²) >= 11 is 0. The van der Waals surface area contributed by atoms with Gasteiger partial charge in [0.05, 0.1) is 27.7 Å². The number of nitrogens with one attached hydrogen (secondary N) is 1. The maximum absolute atomic E-state index is 13.0. The Morgan fingerprint density at radius 3 is 1.73 bits per heavy atom. The maximum Gasteiger partial charge on any atom is 0.416 e. The van der Waals surface area contributed by atoms with Gasteiger partial charge >= 0.3 is 6.18 Å². The molecule has 2 fully saturated rings. The van der Waals surface area contributed by atoms with E-state index in [1.54, 1.807) is 36.4 Å². The molecule has 2 aliphatic heterocycles. The number of aromatic nitrogens is 4. The summed E-state index contributed by atoms with van der Waals surface area (Å²) in [6, 6.07) is 30.4. The van der Waals surface area contributed by atoms with Crippen molar-refractivity contribution in [2.45, 2.75) is 44.9 Å². The van der Waals surface area contributed by atoms with Gasteiger partial charge in [0.15, 0.2) is 11.6 Å². The predicted octanol–water partition coefficient (Wildman–Crippen LogP) is 8.19. The van der Waals surface area contributed by atoms with Crippen LogP contribution in [0.1, 0.15) is 39.9 Å². The van der Waals surface area contributed by atoms with Crippen LogP contribution in [0.25, 0.3) is 44.6 Å². The molecule has 0 bridgehead atoms. The number of aryl methyl sites for hydroxylation is 2. The lowest BCUT2D eigenvalue weighted by atomic mass is 10.1. The van der Waals surface area contributed by atoms with Gasteiger partial charge in [0.2, 0.25) is 0 Å². The maximum atomic E-state index is 13.0. The average Bonchev–Trinajstić information content (AvgIpc) is 3.89. The van der Waals surface area contributed by atoms with Crippen molar-refractivity contribution < 1.29 is 28.2 Å². The van der Waals surface area contributed by atoms with E-state index in [9.17, 15) is 28.2 Å². The van der Waals surface area contributed by atoms with Crippen LogP contribution in [0.3, 0.4) is 0 Å². The zero-order valence-electron chi connectivity index (χ0n) is 33.0. The molecule has 0 spiro atoms. The number of carbonyl (C=O) groups excluding carboxylic acids is 1. The number of para-hydroxylation sites is 2. The highest BCUT2D eigenvalue weighted by Crippen LogP contribution is 2.35. The number of nitrogens with zero attached hydrogens (tertiary/aromatic N) is 6. The number of phenols is 2. The molecule has 14 heteroatoms. The van der Waals surface area contributed by atoms with Crippen LogP contribution in [-0.4, -0.2) is 74.3 Å². The van der Waals surface area contributed by atoms with E-state index in [0.29, 0.717) is 48.1 Å². The Balaban J connectivity index is 0.000000180. The quantitative estimate of drug-likeness (QED) is 0.129. The number of halogens is 3. The Labute approximate surface area is 344 Å². The molecular weight excluding hydrogens is 770 g/mol. The van der Waals surface area contributed by atoms with Crippen LogP contribution in [0, 0.1) is 13.8 Å². The molecule has 5 N–H and O–H groups in total. The molecule has 0 aliphatic carbocycles. The Hall–Kier alpha value is -6.80. The van der Waals surface area contributed by atoms with Crippen molar-refractivity contribution >= 4 is 39.3 Å². The van der Waals surface area contributed by atoms with Gasteiger partial charge in [-0.2, -0.15) is 13.2 Å². The van der Waals surface area contributed by atoms with E-state index in [4.69, 9.17) is 15.7 Å². The highest BCUT2D eigenvalue weighted by Gasteiger charge is 2.32. The normalized spacial score (nSPS) is 16.6. The number of rotatable bonds is 6. The van der Waals surface area contributed by atoms with Crippen LogP contribution in [0.4, 0.5) is 24.8 Å². The van der Waals surface area contributed by atoms with Gasteiger partial charge in [-0.05, 0) is 105 Å². The van der Waals surface area contributed by atoms with Crippen molar-refractivity contribution in [1.29, 1.82) is 0 Å². The van der Waals surface area contributed by atoms with Crippen LogP contribution in [0.2, 0.25) is 0 Å². The van der Waals surface area contributed by atoms with Gasteiger partial charge in [-0.3, -0.25) is 4.79 Å². The standard InChI is InChI=1S/C27H23F3N4O2.C19H20N4O/c1-16-9-10-20-22(13-16)32-24(21-7-2-3-8-23(21)35)33-25(20)34-12-11-19(15-34)31-26(36)17-5-4-6-18(14-17)27(28,29)30;1-12-6-7-14-16(10-12)21-18(15-4-2-3-5-17(15)24)22-19(14)23-9-8-13(20)11-23/h2-10,13-14,19,35H,11-12,15H2,1H3,(H,31,36);2-7,10,13,24H,8-9,11,20H2,1H3/t19-;13-/m11/s1. The number of carbonyl (C=O) groups is 1. The lowest BCUT2D eigenvalue weighted by molar-refractivity contribution is -0.137. The van der Waals surface area contributed by atoms with Gasteiger partial charge in [0.1, 0.15) is 23.1 Å². The second-order valence-electron chi connectivity index (χ2n) is 15.3. The number of hydrogen-bond donors (Lipinski definition) is 4. The number of nitrogens with two attached hydrogens (primary N) is 1. The van der Waals surface area contributed by atoms with Crippen LogP contribution >= 0.6 is 0 Å². The van der Waals surface area contributed by atoms with Gasteiger partial charge in [0.25, 0.3) is 5.91 Å². The molecule has 306 valence electrons. The second-order valence-corrected chi connectivity index (χ2v) is 15.3. The van der Waals surface area contributed by atoms with E-state index in [0.717, 1.165) is 70.4 Å². The van der Waals surface area contributed by atoms with E-state index in [1.807, 2.05) is 49.1 Å². The molecular formula is C46H43F3N8O3. The van der Waals surface area contributed by atoms with Crippen molar-refractivity contribution in [3.63, 3.8) is 0 Å². The van der Waals surface area contributed by atoms with E-state index in [-0.39, 0.29) is 29.1 Å². The first kappa shape index (κ1) is 40.0. The number of hydrogen-bond acceptors (Lipinski definition) is 10. The number of amides is 1. The van der Waals surface area contributed by atoms with Crippen molar-refractivity contribution in [2.24, 2.45) is 5.73 Å². The first-order valence-electron chi connectivity index (χ1n) is 19.7. The summed E-state index contributed by atoms with van der Waals surface area (Å²) in [6.07, 6.45) is -2.95. The van der Waals surface area contributed by atoms with Crippen molar-refractivity contribution in [1.82, 2.24) is 25.3 Å². The van der Waals surface area contributed by atoms with Crippen LogP contribution in [0.5, 0.6) is 11.5 Å². The van der Waals surface area contributed by atoms with E-state index in [1.165, 1.54) is 12.1 Å². The minimum Gasteiger partial charge on any atom is -0.507 e. The zero-order valence-corrected chi connectivity index (χ0v) is 33.0. The Kier molecular flexibility index (Phi) is 11.0. The lowest BCUT2D eigenvalue weighted by Crippen LogP contribution is -2.37. The van der Waals surface area contributed by atoms with Gasteiger partial charge < -0.3 is 31.1 Å². The molecule has 1 amide bonds. The summed E-state index contributed by atoms with van der Waals surface area (Å²) in [5.74, 6) is 2.21. The highest BCUT2D eigenvalue weighted by atomic mass is 19.4. The van der Waals surface area contributed by atoms with Gasteiger partial charge in [-0.1, -0.05) is 42.5 Å². The SMILES string of the molecule is Cc1ccc2c(N3CC[C@@H](N)C3)nc(-c3ccccc3O)nc2c1.Cc1ccc2c(N3CC[C@@H](NC(=O)c4cccc(C(F)(F)F)c4)C3)nc(-c3ccccc3O)nc2c1. The van der Waals surface area contributed by atoms with Crippen LogP contribution in [0.15, 0.2) is 109 Å². The molecule has 0 saturated carbocycles. The van der Waals surface area contributed by atoms with E-state index < -0.39 is 17.6 Å². The third-order valence-electron chi connectivity index (χ3n) is 10.8. The molecule has 0 unspecified atom stereocenters. The fourth-order valence-electron chi connectivity index (χ4n) is 7.65. The van der Waals surface area contributed by atoms with E-state index >= 15 is 0 Å². The number of alkyl halides is 3. The topological polar surface area (TPSA) is 154 Å². The smallest absolute Gasteiger partial charge is 0.416 e. The van der Waals surface area contributed by atoms with Crippen LogP contribution < -0.4 is 20.9 Å². The third-order valence-corrected chi connectivity index (χ3v) is 10.8. The van der Waals surface area contributed by atoms with Gasteiger partial charge in [-0.25, -0.2) is 19.9 Å². The summed E-state index contributed by atoms with van der Waals surface area (Å²) in [5, 5.41) is 25.2. The molecule has 4 heterocycles. The van der Waals surface area contributed by atoms with E-state index in [2.05, 4.69) is 38.4 Å². The average molecular weight is 813 g/mol. The number of aromatic hydroxyl groups is 2. The van der Waals surface area contributed by atoms with Crippen molar-refractivity contribution in [2.75, 3.05) is 36.0 Å². The molecule has 60 heavy (non-hydrogen) atoms. The summed E-state index contributed by atoms with van der Waals surface area (Å²) in [5.41, 5.74) is 10.1. The minimum absolute atomic E-state index is 0.0342. The van der Waals surface area contributed by atoms with Crippen molar-refractivity contribution in [3.8, 4) is 34.3 Å². The molecule has 2 saturated heterocycles. The first-order valence-corrected chi connectivity index (χ1v) is 19.7. The fourth-order valence-corrected chi connectivity index (χ4v) is 7.65. The van der Waals surface area contributed by atoms with Gasteiger partial charge in [-0.15, -0.1) is 0 Å². The molecule has 2 aliphatic rings. The summed E-state index contributed by atoms with van der Waals surface area (Å²) in [4.78, 5) is 35.9. The number of fused-ring (bicyclic) bond motifs is 2. The first-order chi connectivity index (χ1) is 28.8. The number of anilines is 2. The van der Waals surface area contributed by atoms with Gasteiger partial charge in [0, 0.05) is 54.6 Å². The molecule has 0 radical (unpaired) electrons. The Morgan fingerprint density at radius 1 is 0.683 bits per heavy atom. The molecule has 9 rings (SSSR count). The summed E-state index contributed by atoms with van der Waals surface area (Å²) < 4.78 is 39.1. The number of benzene rings is 5. The molecule has 7 aromatic rings. The van der Waals surface area contributed by atoms with Crippen LogP contribution in [-0.2, 0) is 6.18 Å². The highest BCUT2D eigenvalue weighted by molar-refractivity contribution is 5.95. The minimum atomic E-state index is -4.52. The number of phenolic OH excluding ortho intramolecular Hbond substituents is 2. The second kappa shape index (κ2) is 16.5. The molecule has 2 aromatic heterocycles. The zero-order chi connectivity index (χ0) is 42.1. The molecule has 5 aromatic carbocycles. The Bertz CT molecular complexity index is 2730. The summed E-state index contributed by atoms with van der Waals surface area (Å²) in [6.45, 7) is 6.73. The largest absolute Gasteiger partial charge is 0.507 e. The Morgan fingerprint density at radius 2 is 1.22 bits per heavy atom. The third kappa shape index (κ3) is 8.50. The monoisotopic (exact) mass is 812 g/mol. The summed E-state index contributed by atoms with van der Waals surface area (Å²) in [7, 11) is 0.